The maximum atomic E-state index is 12.7. The van der Waals surface area contributed by atoms with E-state index >= 15 is 0 Å². The molecule has 110 valence electrons. The van der Waals surface area contributed by atoms with Crippen molar-refractivity contribution in [3.63, 3.8) is 0 Å². The summed E-state index contributed by atoms with van der Waals surface area (Å²) in [4.78, 5) is 19.2. The molecule has 2 aliphatic heterocycles. The second kappa shape index (κ2) is 6.20. The quantitative estimate of drug-likeness (QED) is 0.835. The predicted molar refractivity (Wildman–Crippen MR) is 75.7 cm³/mol. The van der Waals surface area contributed by atoms with Crippen LogP contribution in [0.15, 0.2) is 5.38 Å². The number of nitrogens with zero attached hydrogens (tertiary/aromatic N) is 2. The molecule has 6 heteroatoms. The number of carbonyl (C=O) groups is 1. The molecule has 0 radical (unpaired) electrons. The first-order valence-corrected chi connectivity index (χ1v) is 8.01. The smallest absolute Gasteiger partial charge is 0.226 e. The summed E-state index contributed by atoms with van der Waals surface area (Å²) >= 11 is 1.62. The molecule has 0 saturated carbocycles. The molecule has 1 aromatic heterocycles. The fraction of sp³-hybridized carbons (Fsp3) is 0.714. The zero-order chi connectivity index (χ0) is 13.9. The van der Waals surface area contributed by atoms with Gasteiger partial charge in [-0.3, -0.25) is 4.79 Å². The van der Waals surface area contributed by atoms with Crippen LogP contribution < -0.4 is 0 Å². The Balaban J connectivity index is 1.76. The number of hydrogen-bond donors (Lipinski definition) is 0. The van der Waals surface area contributed by atoms with Gasteiger partial charge in [-0.05, 0) is 19.8 Å². The van der Waals surface area contributed by atoms with Crippen molar-refractivity contribution >= 4 is 17.2 Å². The Morgan fingerprint density at radius 1 is 1.35 bits per heavy atom. The van der Waals surface area contributed by atoms with E-state index in [9.17, 15) is 4.79 Å². The molecule has 3 rings (SSSR count). The Morgan fingerprint density at radius 2 is 2.15 bits per heavy atom. The van der Waals surface area contributed by atoms with Crippen molar-refractivity contribution in [2.75, 3.05) is 33.0 Å². The second-order valence-electron chi connectivity index (χ2n) is 5.30. The van der Waals surface area contributed by atoms with E-state index in [1.54, 1.807) is 11.3 Å². The predicted octanol–water partition coefficient (Wildman–Crippen LogP) is 1.78. The van der Waals surface area contributed by atoms with Crippen molar-refractivity contribution in [2.24, 2.45) is 5.92 Å². The first-order valence-electron chi connectivity index (χ1n) is 7.13. The van der Waals surface area contributed by atoms with Gasteiger partial charge in [-0.25, -0.2) is 4.98 Å². The Kier molecular flexibility index (Phi) is 4.33. The number of carbonyl (C=O) groups excluding carboxylic acids is 1. The second-order valence-corrected chi connectivity index (χ2v) is 6.36. The zero-order valence-corrected chi connectivity index (χ0v) is 12.5. The van der Waals surface area contributed by atoms with Gasteiger partial charge < -0.3 is 14.4 Å². The van der Waals surface area contributed by atoms with E-state index in [1.807, 2.05) is 17.2 Å². The molecule has 0 spiro atoms. The maximum Gasteiger partial charge on any atom is 0.226 e. The molecule has 1 amide bonds. The van der Waals surface area contributed by atoms with Gasteiger partial charge in [-0.1, -0.05) is 0 Å². The average Bonchev–Trinajstić information content (AvgIpc) is 2.94. The number of aromatic nitrogens is 1. The average molecular weight is 296 g/mol. The van der Waals surface area contributed by atoms with Gasteiger partial charge in [0.2, 0.25) is 5.91 Å². The van der Waals surface area contributed by atoms with E-state index in [-0.39, 0.29) is 17.9 Å². The molecule has 2 aliphatic rings. The molecule has 0 bridgehead atoms. The highest BCUT2D eigenvalue weighted by Crippen LogP contribution is 2.29. The van der Waals surface area contributed by atoms with Crippen LogP contribution in [-0.4, -0.2) is 48.8 Å². The van der Waals surface area contributed by atoms with Crippen LogP contribution in [0.4, 0.5) is 0 Å². The van der Waals surface area contributed by atoms with Crippen LogP contribution in [0.25, 0.3) is 0 Å². The summed E-state index contributed by atoms with van der Waals surface area (Å²) in [6, 6.07) is -0.0240. The van der Waals surface area contributed by atoms with E-state index in [4.69, 9.17) is 9.47 Å². The van der Waals surface area contributed by atoms with Crippen molar-refractivity contribution in [1.29, 1.82) is 0 Å². The lowest BCUT2D eigenvalue weighted by atomic mass is 9.97. The fourth-order valence-electron chi connectivity index (χ4n) is 2.82. The topological polar surface area (TPSA) is 51.7 Å². The van der Waals surface area contributed by atoms with Crippen molar-refractivity contribution in [1.82, 2.24) is 9.88 Å². The minimum absolute atomic E-state index is 0.0240. The minimum atomic E-state index is -0.0240. The lowest BCUT2D eigenvalue weighted by Crippen LogP contribution is -2.47. The van der Waals surface area contributed by atoms with E-state index in [2.05, 4.69) is 4.98 Å². The Morgan fingerprint density at radius 3 is 2.85 bits per heavy atom. The highest BCUT2D eigenvalue weighted by atomic mass is 32.1. The number of rotatable bonds is 2. The molecular formula is C14H20N2O3S. The molecule has 1 aromatic rings. The van der Waals surface area contributed by atoms with Gasteiger partial charge in [0, 0.05) is 31.1 Å². The third-order valence-corrected chi connectivity index (χ3v) is 4.75. The van der Waals surface area contributed by atoms with Crippen LogP contribution in [0.5, 0.6) is 0 Å². The summed E-state index contributed by atoms with van der Waals surface area (Å²) in [5, 5.41) is 3.07. The SMILES string of the molecule is Cc1nc([C@H]2COCCN2C(=O)C2CCOCC2)cs1. The van der Waals surface area contributed by atoms with Gasteiger partial charge in [-0.15, -0.1) is 11.3 Å². The third kappa shape index (κ3) is 2.87. The summed E-state index contributed by atoms with van der Waals surface area (Å²) in [5.74, 6) is 0.344. The molecule has 0 N–H and O–H groups in total. The summed E-state index contributed by atoms with van der Waals surface area (Å²) < 4.78 is 10.9. The number of morpholine rings is 1. The summed E-state index contributed by atoms with van der Waals surface area (Å²) in [6.45, 7) is 5.22. The molecular weight excluding hydrogens is 276 g/mol. The monoisotopic (exact) mass is 296 g/mol. The van der Waals surface area contributed by atoms with Gasteiger partial charge >= 0.3 is 0 Å². The molecule has 0 aliphatic carbocycles. The zero-order valence-electron chi connectivity index (χ0n) is 11.7. The molecule has 0 unspecified atom stereocenters. The lowest BCUT2D eigenvalue weighted by Gasteiger charge is -2.37. The van der Waals surface area contributed by atoms with Gasteiger partial charge in [0.15, 0.2) is 0 Å². The first kappa shape index (κ1) is 14.0. The van der Waals surface area contributed by atoms with Crippen LogP contribution in [0.1, 0.15) is 29.6 Å². The summed E-state index contributed by atoms with van der Waals surface area (Å²) in [5.41, 5.74) is 0.965. The van der Waals surface area contributed by atoms with E-state index in [0.29, 0.717) is 33.0 Å². The highest BCUT2D eigenvalue weighted by molar-refractivity contribution is 7.09. The number of ether oxygens (including phenoxy) is 2. The Hall–Kier alpha value is -0.980. The molecule has 20 heavy (non-hydrogen) atoms. The van der Waals surface area contributed by atoms with Crippen molar-refractivity contribution in [2.45, 2.75) is 25.8 Å². The molecule has 3 heterocycles. The van der Waals surface area contributed by atoms with Gasteiger partial charge in [0.1, 0.15) is 0 Å². The van der Waals surface area contributed by atoms with Crippen LogP contribution in [0.2, 0.25) is 0 Å². The normalized spacial score (nSPS) is 24.9. The van der Waals surface area contributed by atoms with E-state index < -0.39 is 0 Å². The fourth-order valence-corrected chi connectivity index (χ4v) is 3.48. The summed E-state index contributed by atoms with van der Waals surface area (Å²) in [7, 11) is 0. The Labute approximate surface area is 122 Å². The molecule has 1 atom stereocenters. The van der Waals surface area contributed by atoms with Crippen LogP contribution in [0.3, 0.4) is 0 Å². The van der Waals surface area contributed by atoms with Crippen molar-refractivity contribution in [3.8, 4) is 0 Å². The number of thiazole rings is 1. The van der Waals surface area contributed by atoms with Gasteiger partial charge in [0.05, 0.1) is 30.0 Å². The number of hydrogen-bond acceptors (Lipinski definition) is 5. The molecule has 2 saturated heterocycles. The molecule has 0 aromatic carbocycles. The van der Waals surface area contributed by atoms with Crippen molar-refractivity contribution < 1.29 is 14.3 Å². The van der Waals surface area contributed by atoms with Crippen LogP contribution >= 0.6 is 11.3 Å². The van der Waals surface area contributed by atoms with Crippen LogP contribution in [-0.2, 0) is 14.3 Å². The van der Waals surface area contributed by atoms with Gasteiger partial charge in [0.25, 0.3) is 0 Å². The van der Waals surface area contributed by atoms with E-state index in [1.165, 1.54) is 0 Å². The summed E-state index contributed by atoms with van der Waals surface area (Å²) in [6.07, 6.45) is 1.66. The van der Waals surface area contributed by atoms with E-state index in [0.717, 1.165) is 23.5 Å². The number of aryl methyl sites for hydroxylation is 1. The number of amides is 1. The largest absolute Gasteiger partial charge is 0.381 e. The standard InChI is InChI=1S/C14H20N2O3S/c1-10-15-12(9-20-10)13-8-19-7-4-16(13)14(17)11-2-5-18-6-3-11/h9,11,13H,2-8H2,1H3/t13-/m1/s1. The molecule has 5 nitrogen and oxygen atoms in total. The van der Waals surface area contributed by atoms with Crippen molar-refractivity contribution in [3.05, 3.63) is 16.1 Å². The lowest BCUT2D eigenvalue weighted by molar-refractivity contribution is -0.147. The maximum absolute atomic E-state index is 12.7. The third-order valence-electron chi connectivity index (χ3n) is 3.96. The minimum Gasteiger partial charge on any atom is -0.381 e. The van der Waals surface area contributed by atoms with Gasteiger partial charge in [-0.2, -0.15) is 0 Å². The first-order chi connectivity index (χ1) is 9.75. The molecule has 2 fully saturated rings. The Bertz CT molecular complexity index is 471. The highest BCUT2D eigenvalue weighted by Gasteiger charge is 2.34. The van der Waals surface area contributed by atoms with Crippen LogP contribution in [0, 0.1) is 12.8 Å².